The van der Waals surface area contributed by atoms with Gasteiger partial charge in [0.15, 0.2) is 5.78 Å². The lowest BCUT2D eigenvalue weighted by Crippen LogP contribution is -2.21. The number of thiophene rings is 1. The maximum Gasteiger partial charge on any atom is 0.261 e. The number of Topliss-reactive ketones (excluding diaryl/α,β-unsaturated/α-hetero) is 1. The Morgan fingerprint density at radius 1 is 1.46 bits per heavy atom. The molecule has 1 aromatic heterocycles. The van der Waals surface area contributed by atoms with Crippen LogP contribution in [0.3, 0.4) is 0 Å². The zero-order chi connectivity index (χ0) is 9.84. The number of nitrogens with one attached hydrogen (secondary N) is 1. The summed E-state index contributed by atoms with van der Waals surface area (Å²) in [6, 6.07) is 3.30. The molecule has 0 spiro atoms. The van der Waals surface area contributed by atoms with Crippen molar-refractivity contribution in [1.29, 1.82) is 0 Å². The van der Waals surface area contributed by atoms with Gasteiger partial charge in [0.05, 0.1) is 9.75 Å². The van der Waals surface area contributed by atoms with Gasteiger partial charge in [0.2, 0.25) is 0 Å². The molecule has 0 bridgehead atoms. The fourth-order valence-electron chi connectivity index (χ4n) is 0.850. The lowest BCUT2D eigenvalue weighted by molar-refractivity contribution is 0.0961. The molecular formula is C9H10NO2S. The van der Waals surface area contributed by atoms with Crippen LogP contribution in [-0.4, -0.2) is 18.2 Å². The van der Waals surface area contributed by atoms with Gasteiger partial charge in [0.1, 0.15) is 0 Å². The van der Waals surface area contributed by atoms with Gasteiger partial charge in [-0.3, -0.25) is 9.59 Å². The van der Waals surface area contributed by atoms with E-state index >= 15 is 0 Å². The third kappa shape index (κ3) is 2.39. The van der Waals surface area contributed by atoms with Gasteiger partial charge in [-0.1, -0.05) is 0 Å². The minimum absolute atomic E-state index is 0.0151. The molecule has 13 heavy (non-hydrogen) atoms. The maximum atomic E-state index is 11.2. The van der Waals surface area contributed by atoms with Crippen LogP contribution in [0.2, 0.25) is 0 Å². The van der Waals surface area contributed by atoms with Gasteiger partial charge in [-0.15, -0.1) is 11.3 Å². The highest BCUT2D eigenvalue weighted by atomic mass is 32.1. The van der Waals surface area contributed by atoms with Crippen LogP contribution >= 0.6 is 11.3 Å². The molecular weight excluding hydrogens is 186 g/mol. The number of carbonyl (C=O) groups excluding carboxylic acids is 2. The van der Waals surface area contributed by atoms with Crippen LogP contribution in [0.1, 0.15) is 26.3 Å². The van der Waals surface area contributed by atoms with Gasteiger partial charge in [0.25, 0.3) is 5.91 Å². The quantitative estimate of drug-likeness (QED) is 0.745. The summed E-state index contributed by atoms with van der Waals surface area (Å²) in [5.41, 5.74) is 0. The Bertz CT molecular complexity index is 330. The zero-order valence-corrected chi connectivity index (χ0v) is 8.11. The van der Waals surface area contributed by atoms with E-state index in [0.717, 1.165) is 0 Å². The average molecular weight is 196 g/mol. The van der Waals surface area contributed by atoms with Crippen LogP contribution in [0.25, 0.3) is 0 Å². The second-order valence-electron chi connectivity index (χ2n) is 2.48. The second kappa shape index (κ2) is 4.18. The van der Waals surface area contributed by atoms with Crippen molar-refractivity contribution in [3.63, 3.8) is 0 Å². The summed E-state index contributed by atoms with van der Waals surface area (Å²) in [5, 5.41) is 2.56. The molecule has 0 saturated heterocycles. The number of ketones is 1. The Morgan fingerprint density at radius 3 is 2.54 bits per heavy atom. The molecule has 0 unspecified atom stereocenters. The highest BCUT2D eigenvalue weighted by Gasteiger charge is 2.09. The average Bonchev–Trinajstić information content (AvgIpc) is 2.52. The van der Waals surface area contributed by atoms with Gasteiger partial charge < -0.3 is 5.32 Å². The first-order valence-electron chi connectivity index (χ1n) is 3.83. The first-order valence-corrected chi connectivity index (χ1v) is 4.65. The van der Waals surface area contributed by atoms with Crippen LogP contribution in [0.15, 0.2) is 12.1 Å². The van der Waals surface area contributed by atoms with Gasteiger partial charge in [-0.25, -0.2) is 0 Å². The topological polar surface area (TPSA) is 46.2 Å². The van der Waals surface area contributed by atoms with Crippen molar-refractivity contribution in [1.82, 2.24) is 5.32 Å². The summed E-state index contributed by atoms with van der Waals surface area (Å²) in [5.74, 6) is -0.189. The molecule has 3 nitrogen and oxygen atoms in total. The van der Waals surface area contributed by atoms with E-state index in [4.69, 9.17) is 0 Å². The summed E-state index contributed by atoms with van der Waals surface area (Å²) < 4.78 is 0. The summed E-state index contributed by atoms with van der Waals surface area (Å²) in [6.07, 6.45) is 0. The minimum atomic E-state index is -0.174. The molecule has 69 valence electrons. The van der Waals surface area contributed by atoms with Gasteiger partial charge in [-0.2, -0.15) is 0 Å². The molecule has 0 fully saturated rings. The van der Waals surface area contributed by atoms with E-state index in [1.807, 2.05) is 0 Å². The van der Waals surface area contributed by atoms with Crippen molar-refractivity contribution in [3.8, 4) is 0 Å². The maximum absolute atomic E-state index is 11.2. The molecule has 1 amide bonds. The van der Waals surface area contributed by atoms with E-state index in [1.165, 1.54) is 18.3 Å². The Morgan fingerprint density at radius 2 is 2.08 bits per heavy atom. The fourth-order valence-corrected chi connectivity index (χ4v) is 1.67. The third-order valence-electron chi connectivity index (χ3n) is 1.46. The van der Waals surface area contributed by atoms with E-state index in [9.17, 15) is 9.59 Å². The number of carbonyl (C=O) groups is 2. The molecule has 0 aliphatic carbocycles. The van der Waals surface area contributed by atoms with Crippen LogP contribution in [0.4, 0.5) is 0 Å². The second-order valence-corrected chi connectivity index (χ2v) is 3.56. The Kier molecular flexibility index (Phi) is 3.19. The number of hydrogen-bond donors (Lipinski definition) is 1. The Balaban J connectivity index is 2.79. The van der Waals surface area contributed by atoms with Crippen LogP contribution < -0.4 is 5.32 Å². The smallest absolute Gasteiger partial charge is 0.261 e. The normalized spacial score (nSPS) is 9.69. The molecule has 4 heteroatoms. The monoisotopic (exact) mass is 196 g/mol. The molecule has 0 aromatic carbocycles. The molecule has 0 aliphatic rings. The van der Waals surface area contributed by atoms with Gasteiger partial charge >= 0.3 is 0 Å². The predicted octanol–water partition coefficient (Wildman–Crippen LogP) is 1.51. The SMILES string of the molecule is [CH2]CNC(=O)c1ccc(C(C)=O)s1. The van der Waals surface area contributed by atoms with Crippen molar-refractivity contribution >= 4 is 23.0 Å². The highest BCUT2D eigenvalue weighted by molar-refractivity contribution is 7.15. The molecule has 1 radical (unpaired) electrons. The molecule has 1 rings (SSSR count). The van der Waals surface area contributed by atoms with Crippen LogP contribution in [-0.2, 0) is 0 Å². The fraction of sp³-hybridized carbons (Fsp3) is 0.222. The third-order valence-corrected chi connectivity index (χ3v) is 2.65. The standard InChI is InChI=1S/C9H10NO2S/c1-3-10-9(12)8-5-4-7(13-8)6(2)11/h4-5H,1,3H2,2H3,(H,10,12). The first kappa shape index (κ1) is 9.92. The van der Waals surface area contributed by atoms with Crippen LogP contribution in [0, 0.1) is 6.92 Å². The summed E-state index contributed by atoms with van der Waals surface area (Å²) >= 11 is 1.20. The van der Waals surface area contributed by atoms with Crippen molar-refractivity contribution in [2.45, 2.75) is 6.92 Å². The van der Waals surface area contributed by atoms with E-state index in [1.54, 1.807) is 12.1 Å². The van der Waals surface area contributed by atoms with Gasteiger partial charge in [0, 0.05) is 6.54 Å². The molecule has 0 aliphatic heterocycles. The first-order chi connectivity index (χ1) is 6.15. The summed E-state index contributed by atoms with van der Waals surface area (Å²) in [7, 11) is 0. The molecule has 1 aromatic rings. The summed E-state index contributed by atoms with van der Waals surface area (Å²) in [6.45, 7) is 5.33. The lowest BCUT2D eigenvalue weighted by Gasteiger charge is -1.96. The Hall–Kier alpha value is -1.16. The van der Waals surface area contributed by atoms with E-state index < -0.39 is 0 Å². The van der Waals surface area contributed by atoms with E-state index in [2.05, 4.69) is 12.2 Å². The zero-order valence-electron chi connectivity index (χ0n) is 7.29. The number of rotatable bonds is 3. The van der Waals surface area contributed by atoms with E-state index in [0.29, 0.717) is 16.3 Å². The van der Waals surface area contributed by atoms with Crippen LogP contribution in [0.5, 0.6) is 0 Å². The molecule has 0 saturated carbocycles. The largest absolute Gasteiger partial charge is 0.351 e. The molecule has 1 heterocycles. The van der Waals surface area contributed by atoms with Crippen molar-refractivity contribution < 1.29 is 9.59 Å². The summed E-state index contributed by atoms with van der Waals surface area (Å²) in [4.78, 5) is 23.3. The number of amides is 1. The highest BCUT2D eigenvalue weighted by Crippen LogP contribution is 2.16. The predicted molar refractivity (Wildman–Crippen MR) is 52.0 cm³/mol. The Labute approximate surface area is 80.8 Å². The van der Waals surface area contributed by atoms with Crippen molar-refractivity contribution in [2.75, 3.05) is 6.54 Å². The minimum Gasteiger partial charge on any atom is -0.351 e. The molecule has 1 N–H and O–H groups in total. The lowest BCUT2D eigenvalue weighted by atomic mass is 10.3. The molecule has 0 atom stereocenters. The van der Waals surface area contributed by atoms with Crippen molar-refractivity contribution in [2.24, 2.45) is 0 Å². The van der Waals surface area contributed by atoms with Crippen molar-refractivity contribution in [3.05, 3.63) is 28.8 Å². The van der Waals surface area contributed by atoms with E-state index in [-0.39, 0.29) is 11.7 Å². The van der Waals surface area contributed by atoms with Gasteiger partial charge in [-0.05, 0) is 26.0 Å². The number of hydrogen-bond acceptors (Lipinski definition) is 3.